The van der Waals surface area contributed by atoms with Gasteiger partial charge in [0.25, 0.3) is 0 Å². The molecule has 0 amide bonds. The molecule has 0 fully saturated rings. The quantitative estimate of drug-likeness (QED) is 0.495. The Balaban J connectivity index is 3.32. The Hall–Kier alpha value is 0.620. The fourth-order valence-electron chi connectivity index (χ4n) is 1.07. The molecule has 0 aliphatic heterocycles. The van der Waals surface area contributed by atoms with Crippen LogP contribution in [0.1, 0.15) is 13.8 Å². The Morgan fingerprint density at radius 2 is 1.77 bits per heavy atom. The molecule has 0 aliphatic carbocycles. The first-order chi connectivity index (χ1) is 6.24. The highest BCUT2D eigenvalue weighted by atomic mass is 32.2. The van der Waals surface area contributed by atoms with Gasteiger partial charge in [-0.3, -0.25) is 4.31 Å². The van der Waals surface area contributed by atoms with Gasteiger partial charge in [0.1, 0.15) is 0 Å². The first-order valence-corrected chi connectivity index (χ1v) is 6.49. The molecular weight excluding hydrogens is 200 g/mol. The summed E-state index contributed by atoms with van der Waals surface area (Å²) >= 11 is 6.10. The van der Waals surface area contributed by atoms with E-state index in [1.165, 1.54) is 12.3 Å². The monoisotopic (exact) mass is 222 g/mol. The van der Waals surface area contributed by atoms with Gasteiger partial charge in [-0.2, -0.15) is 12.6 Å². The molecule has 0 aromatic carbocycles. The Kier molecular flexibility index (Phi) is 9.62. The molecule has 13 heavy (non-hydrogen) atoms. The van der Waals surface area contributed by atoms with Crippen LogP contribution >= 0.6 is 24.6 Å². The van der Waals surface area contributed by atoms with Crippen LogP contribution in [0, 0.1) is 0 Å². The number of hydrogen-bond donors (Lipinski definition) is 1. The van der Waals surface area contributed by atoms with Gasteiger partial charge in [-0.1, -0.05) is 25.8 Å². The van der Waals surface area contributed by atoms with Crippen LogP contribution in [0.5, 0.6) is 0 Å². The van der Waals surface area contributed by atoms with Gasteiger partial charge >= 0.3 is 0 Å². The Morgan fingerprint density at radius 3 is 2.23 bits per heavy atom. The molecule has 0 aromatic rings. The molecule has 0 unspecified atom stereocenters. The fraction of sp³-hybridized carbons (Fsp3) is 1.00. The van der Waals surface area contributed by atoms with Crippen molar-refractivity contribution in [2.75, 3.05) is 44.7 Å². The van der Waals surface area contributed by atoms with Crippen molar-refractivity contribution in [3.63, 3.8) is 0 Å². The van der Waals surface area contributed by atoms with Gasteiger partial charge in [-0.25, -0.2) is 0 Å². The lowest BCUT2D eigenvalue weighted by Gasteiger charge is -2.20. The zero-order chi connectivity index (χ0) is 10.1. The lowest BCUT2D eigenvalue weighted by molar-refractivity contribution is 0.323. The molecule has 4 heteroatoms. The summed E-state index contributed by atoms with van der Waals surface area (Å²) in [4.78, 5) is 2.45. The number of nitrogens with zero attached hydrogens (tertiary/aromatic N) is 2. The SMILES string of the molecule is CCN(CC)CCSN(C)CCS. The van der Waals surface area contributed by atoms with E-state index in [1.54, 1.807) is 0 Å². The Labute approximate surface area is 92.6 Å². The highest BCUT2D eigenvalue weighted by Crippen LogP contribution is 2.06. The molecule has 0 N–H and O–H groups in total. The van der Waals surface area contributed by atoms with Crippen molar-refractivity contribution in [3.8, 4) is 0 Å². The van der Waals surface area contributed by atoms with Gasteiger partial charge in [-0.05, 0) is 20.1 Å². The standard InChI is InChI=1S/C9H22N2S2/c1-4-11(5-2)7-9-13-10(3)6-8-12/h12H,4-9H2,1-3H3. The summed E-state index contributed by atoms with van der Waals surface area (Å²) in [5, 5.41) is 0. The second-order valence-corrected chi connectivity index (χ2v) is 4.67. The van der Waals surface area contributed by atoms with Crippen molar-refractivity contribution >= 4 is 24.6 Å². The second-order valence-electron chi connectivity index (χ2n) is 2.94. The van der Waals surface area contributed by atoms with Crippen LogP contribution in [0.4, 0.5) is 0 Å². The number of rotatable bonds is 8. The fourth-order valence-corrected chi connectivity index (χ4v) is 2.38. The van der Waals surface area contributed by atoms with Gasteiger partial charge in [0.2, 0.25) is 0 Å². The molecule has 0 aliphatic rings. The molecule has 80 valence electrons. The van der Waals surface area contributed by atoms with E-state index in [2.05, 4.69) is 42.7 Å². The predicted molar refractivity (Wildman–Crippen MR) is 66.7 cm³/mol. The van der Waals surface area contributed by atoms with Crippen LogP contribution in [-0.2, 0) is 0 Å². The van der Waals surface area contributed by atoms with E-state index in [0.29, 0.717) is 0 Å². The average molecular weight is 222 g/mol. The van der Waals surface area contributed by atoms with Crippen molar-refractivity contribution < 1.29 is 0 Å². The van der Waals surface area contributed by atoms with Crippen LogP contribution in [0.25, 0.3) is 0 Å². The van der Waals surface area contributed by atoms with Gasteiger partial charge in [0.15, 0.2) is 0 Å². The van der Waals surface area contributed by atoms with Crippen LogP contribution in [0.2, 0.25) is 0 Å². The zero-order valence-corrected chi connectivity index (χ0v) is 10.7. The highest BCUT2D eigenvalue weighted by molar-refractivity contribution is 7.97. The Morgan fingerprint density at radius 1 is 1.15 bits per heavy atom. The van der Waals surface area contributed by atoms with Gasteiger partial charge < -0.3 is 4.90 Å². The molecule has 0 bridgehead atoms. The van der Waals surface area contributed by atoms with Gasteiger partial charge in [-0.15, -0.1) is 0 Å². The summed E-state index contributed by atoms with van der Waals surface area (Å²) in [6, 6.07) is 0. The minimum Gasteiger partial charge on any atom is -0.303 e. The van der Waals surface area contributed by atoms with E-state index in [-0.39, 0.29) is 0 Å². The first kappa shape index (κ1) is 13.6. The molecule has 0 heterocycles. The normalized spacial score (nSPS) is 11.5. The van der Waals surface area contributed by atoms with Crippen molar-refractivity contribution in [1.82, 2.24) is 9.21 Å². The molecular formula is C9H22N2S2. The maximum atomic E-state index is 4.19. The Bertz CT molecular complexity index is 108. The lowest BCUT2D eigenvalue weighted by Crippen LogP contribution is -2.26. The first-order valence-electron chi connectivity index (χ1n) is 4.91. The van der Waals surface area contributed by atoms with E-state index >= 15 is 0 Å². The van der Waals surface area contributed by atoms with E-state index in [4.69, 9.17) is 0 Å². The van der Waals surface area contributed by atoms with E-state index in [0.717, 1.165) is 25.4 Å². The topological polar surface area (TPSA) is 6.48 Å². The predicted octanol–water partition coefficient (Wildman–Crippen LogP) is 1.84. The summed E-state index contributed by atoms with van der Waals surface area (Å²) in [5.74, 6) is 2.13. The summed E-state index contributed by atoms with van der Waals surface area (Å²) in [5.41, 5.74) is 0. The van der Waals surface area contributed by atoms with E-state index in [9.17, 15) is 0 Å². The van der Waals surface area contributed by atoms with E-state index < -0.39 is 0 Å². The summed E-state index contributed by atoms with van der Waals surface area (Å²) in [6.45, 7) is 9.00. The van der Waals surface area contributed by atoms with Crippen LogP contribution in [0.15, 0.2) is 0 Å². The number of hydrogen-bond acceptors (Lipinski definition) is 4. The number of thiol groups is 1. The maximum absolute atomic E-state index is 4.19. The van der Waals surface area contributed by atoms with Crippen molar-refractivity contribution in [2.45, 2.75) is 13.8 Å². The largest absolute Gasteiger partial charge is 0.303 e. The average Bonchev–Trinajstić information content (AvgIpc) is 2.13. The molecule has 0 atom stereocenters. The molecule has 0 rings (SSSR count). The summed E-state index contributed by atoms with van der Waals surface area (Å²) in [7, 11) is 2.13. The molecule has 0 saturated heterocycles. The highest BCUT2D eigenvalue weighted by Gasteiger charge is 2.00. The van der Waals surface area contributed by atoms with Gasteiger partial charge in [0, 0.05) is 24.6 Å². The lowest BCUT2D eigenvalue weighted by atomic mass is 10.5. The third-order valence-electron chi connectivity index (χ3n) is 2.03. The summed E-state index contributed by atoms with van der Waals surface area (Å²) in [6.07, 6.45) is 0. The summed E-state index contributed by atoms with van der Waals surface area (Å²) < 4.78 is 2.26. The second kappa shape index (κ2) is 9.19. The smallest absolute Gasteiger partial charge is 0.0209 e. The van der Waals surface area contributed by atoms with E-state index in [1.807, 2.05) is 11.9 Å². The molecule has 0 saturated carbocycles. The third-order valence-corrected chi connectivity index (χ3v) is 3.22. The zero-order valence-electron chi connectivity index (χ0n) is 8.99. The van der Waals surface area contributed by atoms with Gasteiger partial charge in [0.05, 0.1) is 0 Å². The van der Waals surface area contributed by atoms with Crippen LogP contribution in [0.3, 0.4) is 0 Å². The van der Waals surface area contributed by atoms with Crippen LogP contribution < -0.4 is 0 Å². The van der Waals surface area contributed by atoms with Crippen molar-refractivity contribution in [1.29, 1.82) is 0 Å². The third kappa shape index (κ3) is 7.67. The van der Waals surface area contributed by atoms with Crippen molar-refractivity contribution in [3.05, 3.63) is 0 Å². The minimum atomic E-state index is 0.939. The minimum absolute atomic E-state index is 0.939. The molecule has 0 radical (unpaired) electrons. The molecule has 0 spiro atoms. The molecule has 0 aromatic heterocycles. The van der Waals surface area contributed by atoms with Crippen LogP contribution in [-0.4, -0.2) is 53.9 Å². The molecule has 2 nitrogen and oxygen atoms in total. The maximum Gasteiger partial charge on any atom is 0.0209 e. The van der Waals surface area contributed by atoms with Crippen molar-refractivity contribution in [2.24, 2.45) is 0 Å².